The summed E-state index contributed by atoms with van der Waals surface area (Å²) in [5.41, 5.74) is 2.07. The number of hydrogen-bond acceptors (Lipinski definition) is 6. The normalized spacial score (nSPS) is 12.8. The molecule has 8 nitrogen and oxygen atoms in total. The molecular weight excluding hydrogens is 436 g/mol. The van der Waals surface area contributed by atoms with Crippen molar-refractivity contribution in [2.45, 2.75) is 6.10 Å². The molecule has 0 aliphatic carbocycles. The molecule has 0 unspecified atom stereocenters. The second kappa shape index (κ2) is 9.11. The van der Waals surface area contributed by atoms with Crippen LogP contribution in [0.15, 0.2) is 79.0 Å². The predicted molar refractivity (Wildman–Crippen MR) is 123 cm³/mol. The van der Waals surface area contributed by atoms with E-state index in [1.807, 2.05) is 30.3 Å². The van der Waals surface area contributed by atoms with Crippen LogP contribution in [0.5, 0.6) is 11.5 Å². The minimum absolute atomic E-state index is 0.0953. The fraction of sp³-hybridized carbons (Fsp3) is 0.115. The zero-order valence-electron chi connectivity index (χ0n) is 17.9. The zero-order chi connectivity index (χ0) is 23.5. The van der Waals surface area contributed by atoms with Crippen LogP contribution in [0.2, 0.25) is 0 Å². The Labute approximate surface area is 194 Å². The van der Waals surface area contributed by atoms with Gasteiger partial charge in [0.2, 0.25) is 12.6 Å². The minimum Gasteiger partial charge on any atom is -0.454 e. The van der Waals surface area contributed by atoms with Gasteiger partial charge in [-0.15, -0.1) is 0 Å². The lowest BCUT2D eigenvalue weighted by Crippen LogP contribution is -2.32. The molecule has 2 N–H and O–H groups in total. The first-order valence-corrected chi connectivity index (χ1v) is 10.6. The Kier molecular flexibility index (Phi) is 5.70. The summed E-state index contributed by atoms with van der Waals surface area (Å²) in [5, 5.41) is 3.26. The first-order valence-electron chi connectivity index (χ1n) is 10.6. The van der Waals surface area contributed by atoms with Crippen LogP contribution < -0.4 is 14.8 Å². The largest absolute Gasteiger partial charge is 0.454 e. The fourth-order valence-corrected chi connectivity index (χ4v) is 3.78. The zero-order valence-corrected chi connectivity index (χ0v) is 17.9. The van der Waals surface area contributed by atoms with Crippen molar-refractivity contribution >= 4 is 28.6 Å². The number of Topliss-reactive ketones (excluding diaryl/α,β-unsaturated/α-hetero) is 1. The molecule has 1 amide bonds. The molecule has 0 saturated carbocycles. The number of ether oxygens (including phenoxy) is 3. The van der Waals surface area contributed by atoms with E-state index in [4.69, 9.17) is 14.2 Å². The Bertz CT molecular complexity index is 1380. The molecular formula is C26H20N2O6. The summed E-state index contributed by atoms with van der Waals surface area (Å²) in [6.45, 7) is -0.310. The van der Waals surface area contributed by atoms with Gasteiger partial charge in [0.05, 0.1) is 0 Å². The fourth-order valence-electron chi connectivity index (χ4n) is 3.78. The van der Waals surface area contributed by atoms with Gasteiger partial charge in [-0.1, -0.05) is 48.5 Å². The Balaban J connectivity index is 1.31. The van der Waals surface area contributed by atoms with Crippen LogP contribution in [0, 0.1) is 0 Å². The lowest BCUT2D eigenvalue weighted by molar-refractivity contribution is -0.146. The number of para-hydroxylation sites is 1. The number of hydrogen-bond donors (Lipinski definition) is 2. The number of aromatic nitrogens is 1. The van der Waals surface area contributed by atoms with Crippen LogP contribution in [0.3, 0.4) is 0 Å². The monoisotopic (exact) mass is 456 g/mol. The Morgan fingerprint density at radius 3 is 2.56 bits per heavy atom. The quantitative estimate of drug-likeness (QED) is 0.324. The van der Waals surface area contributed by atoms with Crippen molar-refractivity contribution in [3.05, 3.63) is 95.7 Å². The van der Waals surface area contributed by atoms with E-state index in [9.17, 15) is 14.4 Å². The number of carbonyl (C=O) groups is 3. The number of H-pyrrole nitrogens is 1. The number of nitrogens with one attached hydrogen (secondary N) is 2. The highest BCUT2D eigenvalue weighted by Crippen LogP contribution is 2.32. The number of aromatic amines is 1. The second-order valence-electron chi connectivity index (χ2n) is 7.64. The Hall–Kier alpha value is -4.59. The highest BCUT2D eigenvalue weighted by Gasteiger charge is 2.28. The highest BCUT2D eigenvalue weighted by molar-refractivity contribution is 6.10. The van der Waals surface area contributed by atoms with Gasteiger partial charge in [-0.25, -0.2) is 0 Å². The van der Waals surface area contributed by atoms with Gasteiger partial charge in [0.25, 0.3) is 5.91 Å². The van der Waals surface area contributed by atoms with Crippen LogP contribution in [-0.2, 0) is 9.53 Å². The minimum atomic E-state index is -1.16. The van der Waals surface area contributed by atoms with Crippen molar-refractivity contribution in [3.8, 4) is 11.5 Å². The summed E-state index contributed by atoms with van der Waals surface area (Å²) in [7, 11) is 0. The molecule has 0 spiro atoms. The average molecular weight is 456 g/mol. The molecule has 3 aromatic carbocycles. The molecule has 170 valence electrons. The number of amides is 1. The number of esters is 1. The molecule has 0 radical (unpaired) electrons. The van der Waals surface area contributed by atoms with Crippen molar-refractivity contribution in [2.75, 3.05) is 13.3 Å². The molecule has 5 rings (SSSR count). The lowest BCUT2D eigenvalue weighted by atomic mass is 9.99. The van der Waals surface area contributed by atoms with Crippen molar-refractivity contribution in [1.29, 1.82) is 0 Å². The van der Waals surface area contributed by atoms with E-state index in [-0.39, 0.29) is 12.6 Å². The van der Waals surface area contributed by atoms with Crippen LogP contribution >= 0.6 is 0 Å². The molecule has 0 fully saturated rings. The summed E-state index contributed by atoms with van der Waals surface area (Å²) in [4.78, 5) is 41.6. The van der Waals surface area contributed by atoms with Crippen LogP contribution in [0.4, 0.5) is 0 Å². The van der Waals surface area contributed by atoms with Crippen LogP contribution in [0.1, 0.15) is 32.4 Å². The van der Waals surface area contributed by atoms with E-state index in [0.29, 0.717) is 28.2 Å². The van der Waals surface area contributed by atoms with Crippen LogP contribution in [-0.4, -0.2) is 36.0 Å². The maximum atomic E-state index is 13.4. The number of carbonyl (C=O) groups excluding carboxylic acids is 3. The van der Waals surface area contributed by atoms with Gasteiger partial charge in [-0.05, 0) is 24.3 Å². The summed E-state index contributed by atoms with van der Waals surface area (Å²) in [6, 6.07) is 20.9. The molecule has 34 heavy (non-hydrogen) atoms. The molecule has 2 heterocycles. The average Bonchev–Trinajstić information content (AvgIpc) is 3.52. The molecule has 1 aliphatic rings. The topological polar surface area (TPSA) is 107 Å². The van der Waals surface area contributed by atoms with Gasteiger partial charge in [0.15, 0.2) is 17.6 Å². The van der Waals surface area contributed by atoms with Gasteiger partial charge in [-0.3, -0.25) is 14.4 Å². The molecule has 8 heteroatoms. The van der Waals surface area contributed by atoms with Crippen molar-refractivity contribution in [1.82, 2.24) is 10.3 Å². The van der Waals surface area contributed by atoms with E-state index in [0.717, 1.165) is 10.9 Å². The maximum absolute atomic E-state index is 13.4. The number of benzene rings is 3. The lowest BCUT2D eigenvalue weighted by Gasteiger charge is -2.17. The van der Waals surface area contributed by atoms with Crippen molar-refractivity contribution in [2.24, 2.45) is 0 Å². The summed E-state index contributed by atoms with van der Waals surface area (Å²) >= 11 is 0. The third-order valence-electron chi connectivity index (χ3n) is 5.47. The van der Waals surface area contributed by atoms with Crippen molar-refractivity contribution < 1.29 is 28.6 Å². The predicted octanol–water partition coefficient (Wildman–Crippen LogP) is 3.79. The van der Waals surface area contributed by atoms with Crippen LogP contribution in [0.25, 0.3) is 10.9 Å². The number of rotatable bonds is 7. The van der Waals surface area contributed by atoms with Gasteiger partial charge >= 0.3 is 5.97 Å². The molecule has 1 aliphatic heterocycles. The van der Waals surface area contributed by atoms with Gasteiger partial charge in [0, 0.05) is 33.8 Å². The Morgan fingerprint density at radius 1 is 0.941 bits per heavy atom. The summed E-state index contributed by atoms with van der Waals surface area (Å²) in [5.74, 6) is -0.564. The third-order valence-corrected chi connectivity index (χ3v) is 5.47. The van der Waals surface area contributed by atoms with E-state index in [1.165, 1.54) is 6.07 Å². The first kappa shape index (κ1) is 21.3. The smallest absolute Gasteiger partial charge is 0.326 e. The summed E-state index contributed by atoms with van der Waals surface area (Å²) in [6.07, 6.45) is 0.452. The maximum Gasteiger partial charge on any atom is 0.326 e. The van der Waals surface area contributed by atoms with Gasteiger partial charge in [-0.2, -0.15) is 0 Å². The van der Waals surface area contributed by atoms with E-state index < -0.39 is 24.5 Å². The number of fused-ring (bicyclic) bond motifs is 2. The number of ketones is 1. The second-order valence-corrected chi connectivity index (χ2v) is 7.64. The van der Waals surface area contributed by atoms with E-state index in [2.05, 4.69) is 10.3 Å². The molecule has 4 aromatic rings. The SMILES string of the molecule is O=C(CNC(=O)c1ccc2c(c1)OCO2)O[C@H](C(=O)c1c[nH]c2ccccc12)c1ccccc1. The van der Waals surface area contributed by atoms with E-state index in [1.54, 1.807) is 42.6 Å². The molecule has 1 atom stereocenters. The Morgan fingerprint density at radius 2 is 1.71 bits per heavy atom. The first-order chi connectivity index (χ1) is 16.6. The molecule has 1 aromatic heterocycles. The van der Waals surface area contributed by atoms with E-state index >= 15 is 0 Å². The standard InChI is InChI=1S/C26H20N2O6/c29-23(14-28-26(31)17-10-11-21-22(12-17)33-15-32-21)34-25(16-6-2-1-3-7-16)24(30)19-13-27-20-9-5-4-8-18(19)20/h1-13,25,27H,14-15H2,(H,28,31)/t25-/m0/s1. The molecule has 0 saturated heterocycles. The third kappa shape index (κ3) is 4.21. The van der Waals surface area contributed by atoms with Gasteiger partial charge in [0.1, 0.15) is 6.54 Å². The molecule has 0 bridgehead atoms. The summed E-state index contributed by atoms with van der Waals surface area (Å²) < 4.78 is 16.1. The van der Waals surface area contributed by atoms with Gasteiger partial charge < -0.3 is 24.5 Å². The van der Waals surface area contributed by atoms with Crippen molar-refractivity contribution in [3.63, 3.8) is 0 Å². The highest BCUT2D eigenvalue weighted by atomic mass is 16.7.